The van der Waals surface area contributed by atoms with Gasteiger partial charge in [-0.15, -0.1) is 0 Å². The van der Waals surface area contributed by atoms with Crippen LogP contribution in [0.15, 0.2) is 0 Å². The topological polar surface area (TPSA) is 83.8 Å². The molecule has 18 heavy (non-hydrogen) atoms. The lowest BCUT2D eigenvalue weighted by atomic mass is 9.54. The van der Waals surface area contributed by atoms with Gasteiger partial charge in [-0.05, 0) is 56.3 Å². The number of rotatable bonds is 4. The van der Waals surface area contributed by atoms with Crippen LogP contribution in [0.3, 0.4) is 0 Å². The minimum atomic E-state index is -1.71. The zero-order chi connectivity index (χ0) is 12.9. The van der Waals surface area contributed by atoms with Crippen molar-refractivity contribution in [3.05, 3.63) is 0 Å². The Hall–Kier alpha value is -1.10. The number of hydrogen-bond donors (Lipinski definition) is 2. The molecule has 0 radical (unpaired) electrons. The van der Waals surface area contributed by atoms with Gasteiger partial charge in [0.1, 0.15) is 0 Å². The van der Waals surface area contributed by atoms with Gasteiger partial charge in [-0.3, -0.25) is 0 Å². The average Bonchev–Trinajstić information content (AvgIpc) is 2.23. The van der Waals surface area contributed by atoms with Gasteiger partial charge < -0.3 is 14.9 Å². The molecule has 4 saturated carbocycles. The second kappa shape index (κ2) is 3.95. The maximum absolute atomic E-state index is 11.0. The van der Waals surface area contributed by atoms with Crippen molar-refractivity contribution in [3.8, 4) is 0 Å². The van der Waals surface area contributed by atoms with Crippen molar-refractivity contribution in [2.24, 2.45) is 17.8 Å². The van der Waals surface area contributed by atoms with Crippen molar-refractivity contribution < 1.29 is 24.5 Å². The molecule has 0 unspecified atom stereocenters. The number of carboxylic acids is 2. The molecule has 0 spiro atoms. The fourth-order valence-corrected chi connectivity index (χ4v) is 4.63. The van der Waals surface area contributed by atoms with Crippen molar-refractivity contribution in [3.63, 3.8) is 0 Å². The van der Waals surface area contributed by atoms with E-state index in [1.807, 2.05) is 0 Å². The predicted molar refractivity (Wildman–Crippen MR) is 61.0 cm³/mol. The molecule has 4 aliphatic rings. The third kappa shape index (κ3) is 1.90. The molecule has 5 nitrogen and oxygen atoms in total. The van der Waals surface area contributed by atoms with E-state index in [-0.39, 0.29) is 0 Å². The van der Waals surface area contributed by atoms with Crippen molar-refractivity contribution in [1.29, 1.82) is 0 Å². The van der Waals surface area contributed by atoms with Gasteiger partial charge in [-0.1, -0.05) is 0 Å². The molecule has 0 aliphatic heterocycles. The summed E-state index contributed by atoms with van der Waals surface area (Å²) in [5.41, 5.74) is -0.476. The highest BCUT2D eigenvalue weighted by atomic mass is 16.6. The first-order valence-corrected chi connectivity index (χ1v) is 6.61. The smallest absolute Gasteiger partial charge is 0.344 e. The fraction of sp³-hybridized carbons (Fsp3) is 0.846. The standard InChI is InChI=1S/C13H18O5/c14-11(15)10(12(16)17)18-13-4-7-1-8(5-13)3-9(2-7)6-13/h7-10H,1-6H2,(H,14,15)(H,16,17). The first-order chi connectivity index (χ1) is 8.47. The Bertz CT molecular complexity index is 340. The van der Waals surface area contributed by atoms with Crippen LogP contribution in [0.2, 0.25) is 0 Å². The molecule has 4 fully saturated rings. The molecule has 0 aromatic heterocycles. The van der Waals surface area contributed by atoms with Gasteiger partial charge >= 0.3 is 11.9 Å². The number of carbonyl (C=O) groups is 2. The third-order valence-corrected chi connectivity index (χ3v) is 4.80. The Morgan fingerprint density at radius 1 is 0.944 bits per heavy atom. The maximum Gasteiger partial charge on any atom is 0.344 e. The van der Waals surface area contributed by atoms with Gasteiger partial charge in [0.2, 0.25) is 0 Å². The van der Waals surface area contributed by atoms with Crippen molar-refractivity contribution >= 4 is 11.9 Å². The minimum Gasteiger partial charge on any atom is -0.479 e. The van der Waals surface area contributed by atoms with Crippen LogP contribution < -0.4 is 0 Å². The summed E-state index contributed by atoms with van der Waals surface area (Å²) in [7, 11) is 0. The molecule has 100 valence electrons. The summed E-state index contributed by atoms with van der Waals surface area (Å²) in [6.07, 6.45) is 4.47. The van der Waals surface area contributed by atoms with E-state index in [1.54, 1.807) is 0 Å². The van der Waals surface area contributed by atoms with E-state index in [9.17, 15) is 9.59 Å². The van der Waals surface area contributed by atoms with E-state index >= 15 is 0 Å². The van der Waals surface area contributed by atoms with E-state index in [0.29, 0.717) is 17.8 Å². The zero-order valence-corrected chi connectivity index (χ0v) is 10.2. The summed E-state index contributed by atoms with van der Waals surface area (Å²) in [6.45, 7) is 0. The Morgan fingerprint density at radius 3 is 1.67 bits per heavy atom. The van der Waals surface area contributed by atoms with Crippen LogP contribution in [0.5, 0.6) is 0 Å². The Morgan fingerprint density at radius 2 is 1.33 bits per heavy atom. The lowest BCUT2D eigenvalue weighted by Gasteiger charge is -2.56. The highest BCUT2D eigenvalue weighted by Crippen LogP contribution is 2.57. The average molecular weight is 254 g/mol. The molecule has 4 aliphatic carbocycles. The van der Waals surface area contributed by atoms with Crippen LogP contribution in [0.4, 0.5) is 0 Å². The second-order valence-corrected chi connectivity index (χ2v) is 6.27. The van der Waals surface area contributed by atoms with E-state index in [2.05, 4.69) is 0 Å². The number of ether oxygens (including phenoxy) is 1. The molecule has 0 aromatic rings. The van der Waals surface area contributed by atoms with Crippen LogP contribution in [0.25, 0.3) is 0 Å². The zero-order valence-electron chi connectivity index (χ0n) is 10.2. The minimum absolute atomic E-state index is 0.476. The summed E-state index contributed by atoms with van der Waals surface area (Å²) in [4.78, 5) is 21.9. The molecular weight excluding hydrogens is 236 g/mol. The van der Waals surface area contributed by atoms with Crippen molar-refractivity contribution in [1.82, 2.24) is 0 Å². The van der Waals surface area contributed by atoms with Gasteiger partial charge in [0.05, 0.1) is 5.60 Å². The number of aliphatic carboxylic acids is 2. The molecule has 0 amide bonds. The van der Waals surface area contributed by atoms with Crippen LogP contribution in [0, 0.1) is 17.8 Å². The van der Waals surface area contributed by atoms with E-state index in [4.69, 9.17) is 14.9 Å². The quantitative estimate of drug-likeness (QED) is 0.743. The molecule has 2 N–H and O–H groups in total. The number of carboxylic acid groups (broad SMARTS) is 2. The van der Waals surface area contributed by atoms with Gasteiger partial charge in [0.15, 0.2) is 0 Å². The van der Waals surface area contributed by atoms with Crippen molar-refractivity contribution in [2.75, 3.05) is 0 Å². The van der Waals surface area contributed by atoms with Crippen LogP contribution >= 0.6 is 0 Å². The monoisotopic (exact) mass is 254 g/mol. The Labute approximate surface area is 105 Å². The summed E-state index contributed by atoms with van der Waals surface area (Å²) in [5.74, 6) is -0.949. The largest absolute Gasteiger partial charge is 0.479 e. The van der Waals surface area contributed by atoms with E-state index < -0.39 is 23.6 Å². The highest BCUT2D eigenvalue weighted by Gasteiger charge is 2.53. The normalized spacial score (nSPS) is 41.3. The van der Waals surface area contributed by atoms with Crippen LogP contribution in [-0.4, -0.2) is 33.9 Å². The molecule has 0 aromatic carbocycles. The summed E-state index contributed by atoms with van der Waals surface area (Å²) >= 11 is 0. The second-order valence-electron chi connectivity index (χ2n) is 6.27. The van der Waals surface area contributed by atoms with E-state index in [1.165, 1.54) is 19.3 Å². The van der Waals surface area contributed by atoms with Crippen molar-refractivity contribution in [2.45, 2.75) is 50.2 Å². The maximum atomic E-state index is 11.0. The Kier molecular flexibility index (Phi) is 2.62. The molecule has 0 saturated heterocycles. The highest BCUT2D eigenvalue weighted by molar-refractivity contribution is 5.96. The van der Waals surface area contributed by atoms with Crippen LogP contribution in [-0.2, 0) is 14.3 Å². The third-order valence-electron chi connectivity index (χ3n) is 4.80. The molecule has 5 heteroatoms. The summed E-state index contributed by atoms with van der Waals surface area (Å²) < 4.78 is 5.57. The van der Waals surface area contributed by atoms with Crippen LogP contribution in [0.1, 0.15) is 38.5 Å². The summed E-state index contributed by atoms with van der Waals surface area (Å²) in [5, 5.41) is 17.9. The first kappa shape index (κ1) is 12.0. The van der Waals surface area contributed by atoms with E-state index in [0.717, 1.165) is 19.3 Å². The summed E-state index contributed by atoms with van der Waals surface area (Å²) in [6, 6.07) is 0. The molecule has 0 atom stereocenters. The molecular formula is C13H18O5. The van der Waals surface area contributed by atoms with Gasteiger partial charge in [0.25, 0.3) is 6.10 Å². The molecule has 4 rings (SSSR count). The van der Waals surface area contributed by atoms with Gasteiger partial charge in [-0.2, -0.15) is 0 Å². The SMILES string of the molecule is O=C(O)C(OC12CC3CC(CC(C3)C1)C2)C(=O)O. The lowest BCUT2D eigenvalue weighted by Crippen LogP contribution is -2.55. The predicted octanol–water partition coefficient (Wildman–Crippen LogP) is 1.51. The van der Waals surface area contributed by atoms with Gasteiger partial charge in [0, 0.05) is 0 Å². The lowest BCUT2D eigenvalue weighted by molar-refractivity contribution is -0.208. The molecule has 0 heterocycles. The first-order valence-electron chi connectivity index (χ1n) is 6.61. The Balaban J connectivity index is 1.79. The molecule has 4 bridgehead atoms. The fourth-order valence-electron chi connectivity index (χ4n) is 4.63. The number of hydrogen-bond acceptors (Lipinski definition) is 3. The van der Waals surface area contributed by atoms with Gasteiger partial charge in [-0.25, -0.2) is 9.59 Å².